The first-order valence-corrected chi connectivity index (χ1v) is 31.6. The first kappa shape index (κ1) is 68.3. The van der Waals surface area contributed by atoms with Crippen molar-refractivity contribution < 1.29 is 47.6 Å². The number of carbonyl (C=O) groups is 4. The molecule has 0 unspecified atom stereocenters. The van der Waals surface area contributed by atoms with Gasteiger partial charge in [0.15, 0.2) is 0 Å². The number of fused-ring (bicyclic) bond motifs is 10. The van der Waals surface area contributed by atoms with Gasteiger partial charge in [-0.1, -0.05) is 123 Å². The Labute approximate surface area is 520 Å². The van der Waals surface area contributed by atoms with Gasteiger partial charge in [0.2, 0.25) is 23.6 Å². The van der Waals surface area contributed by atoms with Crippen molar-refractivity contribution in [1.82, 2.24) is 40.6 Å². The number of carbonyl (C=O) groups excluding carboxylic acids is 4. The minimum Gasteiger partial charge on any atom is -0.380 e. The van der Waals surface area contributed by atoms with E-state index in [4.69, 9.17) is 28.4 Å². The first-order chi connectivity index (χ1) is 42.7. The molecule has 4 heterocycles. The number of nitrogens with zero attached hydrogens (tertiary/aromatic N) is 8. The van der Waals surface area contributed by atoms with Gasteiger partial charge in [0.25, 0.3) is 0 Å². The highest BCUT2D eigenvalue weighted by Crippen LogP contribution is 2.43. The van der Waals surface area contributed by atoms with Gasteiger partial charge in [-0.2, -0.15) is 0 Å². The van der Waals surface area contributed by atoms with Crippen molar-refractivity contribution in [2.45, 2.75) is 145 Å². The fourth-order valence-electron chi connectivity index (χ4n) is 10.4. The highest BCUT2D eigenvalue weighted by atomic mass is 16.5. The van der Waals surface area contributed by atoms with E-state index < -0.39 is 0 Å². The number of hydrogen-bond donors (Lipinski definition) is 2. The summed E-state index contributed by atoms with van der Waals surface area (Å²) in [6.45, 7) is 24.7. The van der Waals surface area contributed by atoms with Gasteiger partial charge in [-0.05, 0) is 88.5 Å². The molecule has 0 atom stereocenters. The van der Waals surface area contributed by atoms with Crippen LogP contribution in [0.4, 0.5) is 11.4 Å². The molecule has 0 saturated heterocycles. The maximum atomic E-state index is 13.7. The zero-order valence-electron chi connectivity index (χ0n) is 53.2. The maximum absolute atomic E-state index is 13.7. The molecular formula is C68H94N10O10. The molecule has 0 spiro atoms. The van der Waals surface area contributed by atoms with Crippen LogP contribution in [-0.4, -0.2) is 145 Å². The zero-order chi connectivity index (χ0) is 62.6. The molecule has 2 aliphatic heterocycles. The van der Waals surface area contributed by atoms with E-state index in [0.717, 1.165) is 99.8 Å². The fraction of sp³-hybridized carbons (Fsp3) is 0.529. The van der Waals surface area contributed by atoms with Crippen molar-refractivity contribution in [1.29, 1.82) is 0 Å². The Bertz CT molecular complexity index is 3120. The molecule has 2 N–H and O–H groups in total. The van der Waals surface area contributed by atoms with Crippen molar-refractivity contribution in [2.75, 3.05) is 89.0 Å². The lowest BCUT2D eigenvalue weighted by Gasteiger charge is -2.28. The molecule has 2 aromatic heterocycles. The Kier molecular flexibility index (Phi) is 28.2. The van der Waals surface area contributed by atoms with Crippen molar-refractivity contribution >= 4 is 35.0 Å². The van der Waals surface area contributed by atoms with Gasteiger partial charge in [-0.3, -0.25) is 19.2 Å². The lowest BCUT2D eigenvalue weighted by atomic mass is 9.95. The number of amides is 4. The van der Waals surface area contributed by atoms with E-state index in [2.05, 4.69) is 65.0 Å². The van der Waals surface area contributed by atoms with E-state index >= 15 is 0 Å². The lowest BCUT2D eigenvalue weighted by molar-refractivity contribution is -0.125. The summed E-state index contributed by atoms with van der Waals surface area (Å²) in [6.07, 6.45) is 5.02. The average Bonchev–Trinajstić information content (AvgIpc) is 1.53. The summed E-state index contributed by atoms with van der Waals surface area (Å²) in [5, 5.41) is 24.0. The lowest BCUT2D eigenvalue weighted by Crippen LogP contribution is -2.34. The second-order valence-electron chi connectivity index (χ2n) is 23.4. The molecule has 20 nitrogen and oxygen atoms in total. The summed E-state index contributed by atoms with van der Waals surface area (Å²) in [4.78, 5) is 56.0. The van der Waals surface area contributed by atoms with Gasteiger partial charge in [-0.25, -0.2) is 9.36 Å². The van der Waals surface area contributed by atoms with E-state index in [0.29, 0.717) is 111 Å². The zero-order valence-corrected chi connectivity index (χ0v) is 53.2. The predicted molar refractivity (Wildman–Crippen MR) is 342 cm³/mol. The highest BCUT2D eigenvalue weighted by Gasteiger charge is 2.31. The van der Waals surface area contributed by atoms with Crippen molar-refractivity contribution in [2.24, 2.45) is 11.8 Å². The highest BCUT2D eigenvalue weighted by molar-refractivity contribution is 6.02. The normalized spacial score (nSPS) is 12.5. The standard InChI is InChI=1S/2C34H47N5O5/c1-25(2)10-9-19-42-21-18-39-34-28-12-6-5-11-27(28)24-38(30-14-8-7-13-29(30)33(34)36-37-39)32(41)16-15-31(40)35-17-20-43-22-23-44-26(3)4;1-25(2)10-9-19-42-21-18-39-34-29-13-7-8-14-30(29)38(24-27-11-5-6-12-28(27)33(34)36-37-39)32(41)16-15-31(40)35-17-20-43-22-23-44-26(3)4/h2*5-8,11-14,25-26H,9-10,15-24H2,1-4H3,(H,35,40). The van der Waals surface area contributed by atoms with Crippen LogP contribution in [0.25, 0.3) is 45.0 Å². The molecule has 0 bridgehead atoms. The minimum atomic E-state index is -0.183. The topological polar surface area (TPSA) is 216 Å². The quantitative estimate of drug-likeness (QED) is 0.0360. The van der Waals surface area contributed by atoms with Crippen LogP contribution in [-0.2, 0) is 73.8 Å². The number of anilines is 2. The van der Waals surface area contributed by atoms with Gasteiger partial charge in [0.1, 0.15) is 11.4 Å². The third-order valence-corrected chi connectivity index (χ3v) is 14.8. The van der Waals surface area contributed by atoms with E-state index in [9.17, 15) is 19.2 Å². The minimum absolute atomic E-state index is 0.0825. The number of ether oxygens (including phenoxy) is 6. The third-order valence-electron chi connectivity index (χ3n) is 14.8. The summed E-state index contributed by atoms with van der Waals surface area (Å²) in [7, 11) is 0. The van der Waals surface area contributed by atoms with Crippen LogP contribution in [0, 0.1) is 11.8 Å². The molecule has 4 aromatic carbocycles. The summed E-state index contributed by atoms with van der Waals surface area (Å²) >= 11 is 0. The van der Waals surface area contributed by atoms with Crippen LogP contribution in [0.15, 0.2) is 97.1 Å². The Morgan fingerprint density at radius 2 is 0.841 bits per heavy atom. The molecule has 0 fully saturated rings. The average molecular weight is 1210 g/mol. The third kappa shape index (κ3) is 21.0. The molecule has 6 aromatic rings. The summed E-state index contributed by atoms with van der Waals surface area (Å²) in [5.74, 6) is 0.705. The van der Waals surface area contributed by atoms with Crippen LogP contribution in [0.2, 0.25) is 0 Å². The maximum Gasteiger partial charge on any atom is 0.227 e. The number of aromatic nitrogens is 6. The smallest absolute Gasteiger partial charge is 0.227 e. The molecule has 2 aliphatic rings. The number of hydrogen-bond acceptors (Lipinski definition) is 14. The van der Waals surface area contributed by atoms with E-state index in [-0.39, 0.29) is 61.5 Å². The molecule has 476 valence electrons. The van der Waals surface area contributed by atoms with E-state index in [1.807, 2.05) is 128 Å². The molecular weight excluding hydrogens is 1120 g/mol. The van der Waals surface area contributed by atoms with Gasteiger partial charge < -0.3 is 48.9 Å². The second kappa shape index (κ2) is 36.3. The summed E-state index contributed by atoms with van der Waals surface area (Å²) in [6, 6.07) is 31.7. The van der Waals surface area contributed by atoms with Gasteiger partial charge >= 0.3 is 0 Å². The molecule has 4 amide bonds. The van der Waals surface area contributed by atoms with Crippen molar-refractivity contribution in [3.63, 3.8) is 0 Å². The van der Waals surface area contributed by atoms with E-state index in [1.54, 1.807) is 9.80 Å². The number of benzene rings is 4. The Balaban J connectivity index is 0.000000251. The van der Waals surface area contributed by atoms with Crippen LogP contribution in [0.5, 0.6) is 0 Å². The van der Waals surface area contributed by atoms with Crippen molar-refractivity contribution in [3.05, 3.63) is 108 Å². The molecule has 20 heteroatoms. The Hall–Kier alpha value is -7.20. The Morgan fingerprint density at radius 1 is 0.443 bits per heavy atom. The number of nitrogens with one attached hydrogen (secondary N) is 2. The monoisotopic (exact) mass is 1210 g/mol. The van der Waals surface area contributed by atoms with Crippen LogP contribution in [0.3, 0.4) is 0 Å². The van der Waals surface area contributed by atoms with E-state index in [1.165, 1.54) is 0 Å². The SMILES string of the molecule is CC(C)CCCOCCn1nnc2c1-c1ccccc1CN(C(=O)CCC(=O)NCCOCCOC(C)C)c1ccccc1-2.CC(C)CCCOCCn1nnc2c1-c1ccccc1N(C(=O)CCC(=O)NCCOCCOC(C)C)Cc1ccccc1-2. The second-order valence-corrected chi connectivity index (χ2v) is 23.4. The molecule has 88 heavy (non-hydrogen) atoms. The van der Waals surface area contributed by atoms with Crippen LogP contribution >= 0.6 is 0 Å². The van der Waals surface area contributed by atoms with Gasteiger partial charge in [0.05, 0.1) is 114 Å². The predicted octanol–water partition coefficient (Wildman–Crippen LogP) is 10.5. The van der Waals surface area contributed by atoms with Gasteiger partial charge in [-0.15, -0.1) is 10.2 Å². The van der Waals surface area contributed by atoms with Crippen LogP contribution in [0.1, 0.15) is 118 Å². The molecule has 8 rings (SSSR count). The Morgan fingerprint density at radius 3 is 1.33 bits per heavy atom. The number of para-hydroxylation sites is 2. The van der Waals surface area contributed by atoms with Crippen LogP contribution < -0.4 is 20.4 Å². The molecule has 0 saturated carbocycles. The summed E-state index contributed by atoms with van der Waals surface area (Å²) < 4.78 is 37.5. The largest absolute Gasteiger partial charge is 0.380 e. The molecule has 0 radical (unpaired) electrons. The molecule has 0 aliphatic carbocycles. The van der Waals surface area contributed by atoms with Crippen molar-refractivity contribution in [3.8, 4) is 45.0 Å². The summed E-state index contributed by atoms with van der Waals surface area (Å²) in [5.41, 5.74) is 10.4. The fourth-order valence-corrected chi connectivity index (χ4v) is 10.4. The number of rotatable bonds is 34. The first-order valence-electron chi connectivity index (χ1n) is 31.6. The van der Waals surface area contributed by atoms with Gasteiger partial charge in [0, 0.05) is 74.2 Å².